The third kappa shape index (κ3) is 5.29. The fourth-order valence-electron chi connectivity index (χ4n) is 3.82. The van der Waals surface area contributed by atoms with Gasteiger partial charge in [-0.15, -0.1) is 0 Å². The third-order valence-electron chi connectivity index (χ3n) is 6.16. The number of aromatic nitrogens is 2. The van der Waals surface area contributed by atoms with Crippen LogP contribution in [0.3, 0.4) is 0 Å². The maximum Gasteiger partial charge on any atom is 0.226 e. The highest BCUT2D eigenvalue weighted by atomic mass is 16.2. The summed E-state index contributed by atoms with van der Waals surface area (Å²) in [6.45, 7) is 4.30. The Morgan fingerprint density at radius 3 is 2.41 bits per heavy atom. The van der Waals surface area contributed by atoms with Crippen LogP contribution in [0.4, 0.5) is 11.4 Å². The number of aryl methyl sites for hydroxylation is 2. The van der Waals surface area contributed by atoms with E-state index in [4.69, 9.17) is 0 Å². The number of carbonyl (C=O) groups is 2. The van der Waals surface area contributed by atoms with Crippen LogP contribution in [0.2, 0.25) is 0 Å². The van der Waals surface area contributed by atoms with Gasteiger partial charge in [0.1, 0.15) is 11.9 Å². The molecule has 1 aliphatic carbocycles. The summed E-state index contributed by atoms with van der Waals surface area (Å²) in [5, 5.41) is 15.6. The molecule has 4 rings (SSSR count). The summed E-state index contributed by atoms with van der Waals surface area (Å²) < 4.78 is 0. The van der Waals surface area contributed by atoms with Crippen molar-refractivity contribution in [2.45, 2.75) is 46.1 Å². The average molecular weight is 454 g/mol. The molecule has 1 heterocycles. The molecule has 3 aromatic rings. The summed E-state index contributed by atoms with van der Waals surface area (Å²) in [4.78, 5) is 33.8. The molecule has 0 saturated heterocycles. The van der Waals surface area contributed by atoms with Gasteiger partial charge in [0.15, 0.2) is 5.78 Å². The number of nitriles is 1. The summed E-state index contributed by atoms with van der Waals surface area (Å²) in [5.74, 6) is 0.507. The molecule has 0 aliphatic heterocycles. The van der Waals surface area contributed by atoms with Gasteiger partial charge in [-0.3, -0.25) is 9.59 Å². The minimum Gasteiger partial charge on any atom is -0.354 e. The summed E-state index contributed by atoms with van der Waals surface area (Å²) in [7, 11) is 0. The van der Waals surface area contributed by atoms with Crippen molar-refractivity contribution in [1.29, 1.82) is 5.26 Å². The average Bonchev–Trinajstić information content (AvgIpc) is 3.65. The first-order valence-corrected chi connectivity index (χ1v) is 11.4. The zero-order chi connectivity index (χ0) is 24.1. The quantitative estimate of drug-likeness (QED) is 0.457. The van der Waals surface area contributed by atoms with Gasteiger partial charge < -0.3 is 10.6 Å². The summed E-state index contributed by atoms with van der Waals surface area (Å²) in [6.07, 6.45) is 5.40. The maximum absolute atomic E-state index is 12.8. The van der Waals surface area contributed by atoms with Crippen LogP contribution < -0.4 is 10.6 Å². The van der Waals surface area contributed by atoms with E-state index >= 15 is 0 Å². The Morgan fingerprint density at radius 1 is 1.09 bits per heavy atom. The van der Waals surface area contributed by atoms with Crippen LogP contribution in [0.1, 0.15) is 59.1 Å². The molecule has 2 N–H and O–H groups in total. The lowest BCUT2D eigenvalue weighted by molar-refractivity contribution is -0.126. The van der Waals surface area contributed by atoms with Gasteiger partial charge in [-0.1, -0.05) is 25.1 Å². The van der Waals surface area contributed by atoms with E-state index < -0.39 is 5.41 Å². The molecular formula is C27H27N5O2. The Balaban J connectivity index is 1.32. The van der Waals surface area contributed by atoms with Crippen molar-refractivity contribution in [3.8, 4) is 6.07 Å². The molecule has 172 valence electrons. The topological polar surface area (TPSA) is 108 Å². The second-order valence-corrected chi connectivity index (χ2v) is 8.79. The molecule has 7 heteroatoms. The molecule has 0 radical (unpaired) electrons. The van der Waals surface area contributed by atoms with Crippen molar-refractivity contribution in [2.24, 2.45) is 5.41 Å². The number of nitrogens with zero attached hydrogens (tertiary/aromatic N) is 3. The molecule has 1 saturated carbocycles. The minimum atomic E-state index is -0.624. The normalized spacial score (nSPS) is 13.6. The monoisotopic (exact) mass is 453 g/mol. The number of amides is 1. The molecule has 1 aliphatic rings. The maximum atomic E-state index is 12.8. The lowest BCUT2D eigenvalue weighted by Crippen LogP contribution is -2.33. The minimum absolute atomic E-state index is 0.0903. The van der Waals surface area contributed by atoms with Gasteiger partial charge in [-0.2, -0.15) is 5.26 Å². The van der Waals surface area contributed by atoms with E-state index in [9.17, 15) is 14.9 Å². The van der Waals surface area contributed by atoms with E-state index in [0.29, 0.717) is 42.8 Å². The van der Waals surface area contributed by atoms with Crippen molar-refractivity contribution in [3.63, 3.8) is 0 Å². The fourth-order valence-corrected chi connectivity index (χ4v) is 3.82. The van der Waals surface area contributed by atoms with Gasteiger partial charge in [-0.05, 0) is 55.2 Å². The number of ketones is 1. The van der Waals surface area contributed by atoms with Crippen molar-refractivity contribution < 1.29 is 9.59 Å². The third-order valence-corrected chi connectivity index (χ3v) is 6.16. The Morgan fingerprint density at radius 2 is 1.79 bits per heavy atom. The zero-order valence-electron chi connectivity index (χ0n) is 19.4. The first-order chi connectivity index (χ1) is 16.4. The molecule has 2 aromatic carbocycles. The van der Waals surface area contributed by atoms with Crippen LogP contribution in [0, 0.1) is 23.7 Å². The van der Waals surface area contributed by atoms with Crippen LogP contribution in [0.25, 0.3) is 0 Å². The number of carbonyl (C=O) groups excluding carboxylic acids is 2. The predicted molar refractivity (Wildman–Crippen MR) is 129 cm³/mol. The number of rotatable bonds is 9. The van der Waals surface area contributed by atoms with Crippen molar-refractivity contribution in [3.05, 3.63) is 82.9 Å². The molecule has 0 spiro atoms. The lowest BCUT2D eigenvalue weighted by atomic mass is 9.95. The first kappa shape index (κ1) is 23.1. The predicted octanol–water partition coefficient (Wildman–Crippen LogP) is 4.63. The molecular weight excluding hydrogens is 426 g/mol. The van der Waals surface area contributed by atoms with Crippen LogP contribution in [-0.4, -0.2) is 21.7 Å². The smallest absolute Gasteiger partial charge is 0.226 e. The van der Waals surface area contributed by atoms with E-state index in [1.807, 2.05) is 56.3 Å². The standard InChI is InChI=1S/C27H27N5O2/c1-3-25-29-16-21(17-30-25)24(33)13-27(10-11-27)26(34)31-15-19-5-7-22(8-6-19)32-23-9-4-18(2)12-20(23)14-28/h4-9,12,16-17,32H,3,10-11,13,15H2,1-2H3,(H,31,34). The Hall–Kier alpha value is -4.05. The number of benzene rings is 2. The largest absolute Gasteiger partial charge is 0.354 e. The Labute approximate surface area is 199 Å². The van der Waals surface area contributed by atoms with Gasteiger partial charge in [0.2, 0.25) is 5.91 Å². The molecule has 0 bridgehead atoms. The van der Waals surface area contributed by atoms with E-state index in [2.05, 4.69) is 26.7 Å². The molecule has 7 nitrogen and oxygen atoms in total. The molecule has 34 heavy (non-hydrogen) atoms. The second-order valence-electron chi connectivity index (χ2n) is 8.79. The van der Waals surface area contributed by atoms with Crippen molar-refractivity contribution >= 4 is 23.1 Å². The number of Topliss-reactive ketones (excluding diaryl/α,β-unsaturated/α-hetero) is 1. The number of hydrogen-bond acceptors (Lipinski definition) is 6. The van der Waals surface area contributed by atoms with Gasteiger partial charge in [-0.25, -0.2) is 9.97 Å². The van der Waals surface area contributed by atoms with Gasteiger partial charge in [0.05, 0.1) is 22.2 Å². The second kappa shape index (κ2) is 9.84. The number of anilines is 2. The number of nitrogens with one attached hydrogen (secondary N) is 2. The summed E-state index contributed by atoms with van der Waals surface area (Å²) >= 11 is 0. The van der Waals surface area contributed by atoms with Gasteiger partial charge in [0, 0.05) is 37.5 Å². The molecule has 1 fully saturated rings. The van der Waals surface area contributed by atoms with Crippen LogP contribution in [0.5, 0.6) is 0 Å². The molecule has 1 amide bonds. The first-order valence-electron chi connectivity index (χ1n) is 11.4. The van der Waals surface area contributed by atoms with Crippen molar-refractivity contribution in [1.82, 2.24) is 15.3 Å². The Bertz CT molecular complexity index is 1240. The summed E-state index contributed by atoms with van der Waals surface area (Å²) in [6, 6.07) is 15.6. The van der Waals surface area contributed by atoms with E-state index in [1.54, 1.807) is 12.4 Å². The van der Waals surface area contributed by atoms with E-state index in [1.165, 1.54) is 0 Å². The van der Waals surface area contributed by atoms with Crippen LogP contribution in [-0.2, 0) is 17.8 Å². The van der Waals surface area contributed by atoms with Gasteiger partial charge >= 0.3 is 0 Å². The zero-order valence-corrected chi connectivity index (χ0v) is 19.4. The highest BCUT2D eigenvalue weighted by Gasteiger charge is 2.51. The van der Waals surface area contributed by atoms with E-state index in [-0.39, 0.29) is 18.1 Å². The van der Waals surface area contributed by atoms with Crippen molar-refractivity contribution in [2.75, 3.05) is 5.32 Å². The molecule has 0 atom stereocenters. The Kier molecular flexibility index (Phi) is 6.69. The van der Waals surface area contributed by atoms with Crippen LogP contribution >= 0.6 is 0 Å². The van der Waals surface area contributed by atoms with Crippen LogP contribution in [0.15, 0.2) is 54.9 Å². The highest BCUT2D eigenvalue weighted by Crippen LogP contribution is 2.49. The number of hydrogen-bond donors (Lipinski definition) is 2. The van der Waals surface area contributed by atoms with E-state index in [0.717, 1.165) is 22.5 Å². The molecule has 0 unspecified atom stereocenters. The van der Waals surface area contributed by atoms with Gasteiger partial charge in [0.25, 0.3) is 0 Å². The SMILES string of the molecule is CCc1ncc(C(=O)CC2(C(=O)NCc3ccc(Nc4ccc(C)cc4C#N)cc3)CC2)cn1. The summed E-state index contributed by atoms with van der Waals surface area (Å²) in [5.41, 5.74) is 4.02. The highest BCUT2D eigenvalue weighted by molar-refractivity contribution is 6.00. The lowest BCUT2D eigenvalue weighted by Gasteiger charge is -2.15. The molecule has 1 aromatic heterocycles. The fraction of sp³-hybridized carbons (Fsp3) is 0.296.